The lowest BCUT2D eigenvalue weighted by molar-refractivity contribution is -0.384. The van der Waals surface area contributed by atoms with Crippen LogP contribution >= 0.6 is 0 Å². The Kier molecular flexibility index (Phi) is 4.54. The smallest absolute Gasteiger partial charge is 0.340 e. The Balaban J connectivity index is 3.01. The molecule has 0 N–H and O–H groups in total. The van der Waals surface area contributed by atoms with Crippen LogP contribution in [0.1, 0.15) is 16.1 Å². The van der Waals surface area contributed by atoms with Crippen molar-refractivity contribution in [1.29, 1.82) is 0 Å². The molecule has 0 fully saturated rings. The Morgan fingerprint density at radius 1 is 1.29 bits per heavy atom. The van der Waals surface area contributed by atoms with Crippen LogP contribution in [0.15, 0.2) is 18.2 Å². The van der Waals surface area contributed by atoms with Gasteiger partial charge in [-0.1, -0.05) is 0 Å². The standard InChI is InChI=1S/C15H14N2O7/c1-16-8-4-6-10(23-2)14(17(21)22)12(8)13(15(20)24-3)9(16)5-7-11(18)19/h4-7H,1-3H3,(H,18,19)/p-1/b7-5+. The van der Waals surface area contributed by atoms with Crippen molar-refractivity contribution in [3.05, 3.63) is 39.6 Å². The highest BCUT2D eigenvalue weighted by atomic mass is 16.6. The quantitative estimate of drug-likeness (QED) is 0.340. The number of carboxylic acids is 1. The molecule has 0 spiro atoms. The van der Waals surface area contributed by atoms with Gasteiger partial charge in [-0.05, 0) is 24.3 Å². The molecular weight excluding hydrogens is 320 g/mol. The van der Waals surface area contributed by atoms with E-state index in [0.29, 0.717) is 5.52 Å². The van der Waals surface area contributed by atoms with E-state index in [-0.39, 0.29) is 22.4 Å². The number of nitro groups is 1. The molecule has 0 aliphatic rings. The summed E-state index contributed by atoms with van der Waals surface area (Å²) in [5.41, 5.74) is -0.0458. The maximum Gasteiger partial charge on any atom is 0.340 e. The number of fused-ring (bicyclic) bond motifs is 1. The third-order valence-electron chi connectivity index (χ3n) is 3.52. The first-order valence-electron chi connectivity index (χ1n) is 6.64. The molecule has 24 heavy (non-hydrogen) atoms. The van der Waals surface area contributed by atoms with Gasteiger partial charge in [-0.2, -0.15) is 0 Å². The minimum atomic E-state index is -1.47. The maximum atomic E-state index is 12.2. The minimum Gasteiger partial charge on any atom is -0.545 e. The van der Waals surface area contributed by atoms with Crippen molar-refractivity contribution in [3.63, 3.8) is 0 Å². The number of benzene rings is 1. The molecule has 0 saturated heterocycles. The number of nitrogens with zero attached hydrogens (tertiary/aromatic N) is 2. The fourth-order valence-electron chi connectivity index (χ4n) is 2.51. The average Bonchev–Trinajstić information content (AvgIpc) is 2.83. The third-order valence-corrected chi connectivity index (χ3v) is 3.52. The van der Waals surface area contributed by atoms with Crippen LogP contribution in [-0.2, 0) is 16.6 Å². The molecule has 0 unspecified atom stereocenters. The molecule has 2 rings (SSSR count). The Bertz CT molecular complexity index is 880. The van der Waals surface area contributed by atoms with E-state index < -0.39 is 22.5 Å². The topological polar surface area (TPSA) is 124 Å². The number of esters is 1. The van der Waals surface area contributed by atoms with Crippen molar-refractivity contribution in [2.45, 2.75) is 0 Å². The molecule has 0 aliphatic heterocycles. The Morgan fingerprint density at radius 3 is 2.46 bits per heavy atom. The summed E-state index contributed by atoms with van der Waals surface area (Å²) < 4.78 is 11.2. The van der Waals surface area contributed by atoms with Gasteiger partial charge in [0.25, 0.3) is 0 Å². The summed E-state index contributed by atoms with van der Waals surface area (Å²) in [5, 5.41) is 22.2. The number of aromatic nitrogens is 1. The summed E-state index contributed by atoms with van der Waals surface area (Å²) in [6, 6.07) is 2.93. The van der Waals surface area contributed by atoms with Gasteiger partial charge < -0.3 is 23.9 Å². The first-order valence-corrected chi connectivity index (χ1v) is 6.64. The molecule has 0 saturated carbocycles. The fraction of sp³-hybridized carbons (Fsp3) is 0.200. The van der Waals surface area contributed by atoms with E-state index in [1.165, 1.54) is 23.8 Å². The van der Waals surface area contributed by atoms with E-state index in [9.17, 15) is 24.8 Å². The van der Waals surface area contributed by atoms with Crippen LogP contribution in [0.2, 0.25) is 0 Å². The largest absolute Gasteiger partial charge is 0.545 e. The number of hydrogen-bond donors (Lipinski definition) is 0. The lowest BCUT2D eigenvalue weighted by Gasteiger charge is -2.04. The number of carbonyl (C=O) groups is 2. The van der Waals surface area contributed by atoms with Gasteiger partial charge in [-0.25, -0.2) is 4.79 Å². The van der Waals surface area contributed by atoms with E-state index >= 15 is 0 Å². The molecule has 9 heteroatoms. The van der Waals surface area contributed by atoms with Crippen molar-refractivity contribution >= 4 is 34.6 Å². The highest BCUT2D eigenvalue weighted by molar-refractivity contribution is 6.12. The predicted octanol–water partition coefficient (Wildman–Crippen LogP) is 0.645. The summed E-state index contributed by atoms with van der Waals surface area (Å²) in [7, 11) is 3.94. The number of ether oxygens (including phenoxy) is 2. The van der Waals surface area contributed by atoms with Crippen molar-refractivity contribution < 1.29 is 29.1 Å². The summed E-state index contributed by atoms with van der Waals surface area (Å²) in [6.07, 6.45) is 1.85. The lowest BCUT2D eigenvalue weighted by Crippen LogP contribution is -2.18. The molecule has 126 valence electrons. The number of carbonyl (C=O) groups excluding carboxylic acids is 2. The third kappa shape index (κ3) is 2.67. The van der Waals surface area contributed by atoms with Gasteiger partial charge >= 0.3 is 11.7 Å². The van der Waals surface area contributed by atoms with Crippen molar-refractivity contribution in [2.24, 2.45) is 7.05 Å². The first-order chi connectivity index (χ1) is 11.3. The summed E-state index contributed by atoms with van der Waals surface area (Å²) in [6.45, 7) is 0. The van der Waals surface area contributed by atoms with Crippen LogP contribution in [0, 0.1) is 10.1 Å². The molecule has 2 aromatic rings. The lowest BCUT2D eigenvalue weighted by atomic mass is 10.1. The Morgan fingerprint density at radius 2 is 1.96 bits per heavy atom. The Labute approximate surface area is 135 Å². The van der Waals surface area contributed by atoms with Gasteiger partial charge in [0.15, 0.2) is 5.75 Å². The van der Waals surface area contributed by atoms with Crippen molar-refractivity contribution in [2.75, 3.05) is 14.2 Å². The van der Waals surface area contributed by atoms with E-state index in [2.05, 4.69) is 0 Å². The fourth-order valence-corrected chi connectivity index (χ4v) is 2.51. The van der Waals surface area contributed by atoms with Gasteiger partial charge in [-0.3, -0.25) is 10.1 Å². The van der Waals surface area contributed by atoms with Gasteiger partial charge in [-0.15, -0.1) is 0 Å². The normalized spacial score (nSPS) is 11.0. The predicted molar refractivity (Wildman–Crippen MR) is 81.5 cm³/mol. The molecule has 1 aromatic carbocycles. The SMILES string of the molecule is COC(=O)c1c(/C=C/C(=O)[O-])n(C)c2ccc(OC)c([N+](=O)[O-])c12. The molecule has 1 heterocycles. The van der Waals surface area contributed by atoms with Gasteiger partial charge in [0.05, 0.1) is 47.3 Å². The van der Waals surface area contributed by atoms with Crippen LogP contribution in [0.4, 0.5) is 5.69 Å². The number of carboxylic acid groups (broad SMARTS) is 1. The molecular formula is C15H13N2O7-. The monoisotopic (exact) mass is 333 g/mol. The van der Waals surface area contributed by atoms with E-state index in [1.807, 2.05) is 0 Å². The number of nitro benzene ring substituents is 1. The highest BCUT2D eigenvalue weighted by Crippen LogP contribution is 2.40. The second kappa shape index (κ2) is 6.41. The Hall–Kier alpha value is -3.36. The zero-order valence-corrected chi connectivity index (χ0v) is 13.1. The summed E-state index contributed by atoms with van der Waals surface area (Å²) in [4.78, 5) is 33.7. The molecule has 0 radical (unpaired) electrons. The maximum absolute atomic E-state index is 12.2. The molecule has 9 nitrogen and oxygen atoms in total. The second-order valence-corrected chi connectivity index (χ2v) is 4.73. The van der Waals surface area contributed by atoms with Crippen LogP contribution in [-0.4, -0.2) is 35.6 Å². The molecule has 0 aliphatic carbocycles. The van der Waals surface area contributed by atoms with E-state index in [4.69, 9.17) is 9.47 Å². The van der Waals surface area contributed by atoms with E-state index in [0.717, 1.165) is 19.3 Å². The van der Waals surface area contributed by atoms with Crippen molar-refractivity contribution in [1.82, 2.24) is 4.57 Å². The van der Waals surface area contributed by atoms with Crippen LogP contribution < -0.4 is 9.84 Å². The first kappa shape index (κ1) is 17.0. The number of aliphatic carboxylic acids is 1. The number of methoxy groups -OCH3 is 2. The van der Waals surface area contributed by atoms with Gasteiger partial charge in [0.2, 0.25) is 0 Å². The summed E-state index contributed by atoms with van der Waals surface area (Å²) in [5.74, 6) is -2.34. The zero-order chi connectivity index (χ0) is 18.0. The van der Waals surface area contributed by atoms with Gasteiger partial charge in [0.1, 0.15) is 0 Å². The molecule has 0 atom stereocenters. The minimum absolute atomic E-state index is 0.00620. The van der Waals surface area contributed by atoms with E-state index in [1.54, 1.807) is 7.05 Å². The second-order valence-electron chi connectivity index (χ2n) is 4.73. The van der Waals surface area contributed by atoms with Crippen molar-refractivity contribution in [3.8, 4) is 5.75 Å². The van der Waals surface area contributed by atoms with Crippen LogP contribution in [0.5, 0.6) is 5.75 Å². The molecule has 0 bridgehead atoms. The zero-order valence-electron chi connectivity index (χ0n) is 13.1. The average molecular weight is 333 g/mol. The summed E-state index contributed by atoms with van der Waals surface area (Å²) >= 11 is 0. The molecule has 0 amide bonds. The van der Waals surface area contributed by atoms with Gasteiger partial charge in [0, 0.05) is 7.05 Å². The number of aryl methyl sites for hydroxylation is 1. The van der Waals surface area contributed by atoms with Crippen LogP contribution in [0.25, 0.3) is 17.0 Å². The highest BCUT2D eigenvalue weighted by Gasteiger charge is 2.30. The number of hydrogen-bond acceptors (Lipinski definition) is 7. The molecule has 1 aromatic heterocycles. The number of rotatable bonds is 5. The van der Waals surface area contributed by atoms with Crippen LogP contribution in [0.3, 0.4) is 0 Å².